The zero-order valence-electron chi connectivity index (χ0n) is 13.3. The number of hydrogen-bond donors (Lipinski definition) is 0. The van der Waals surface area contributed by atoms with Gasteiger partial charge in [-0.2, -0.15) is 8.78 Å². The van der Waals surface area contributed by atoms with Gasteiger partial charge in [0.1, 0.15) is 11.7 Å². The van der Waals surface area contributed by atoms with E-state index in [-0.39, 0.29) is 0 Å². The molecule has 0 radical (unpaired) electrons. The first-order valence-corrected chi connectivity index (χ1v) is 7.79. The second-order valence-corrected chi connectivity index (χ2v) is 6.17. The lowest BCUT2D eigenvalue weighted by Crippen LogP contribution is -2.46. The first-order chi connectivity index (χ1) is 12.2. The van der Waals surface area contributed by atoms with Gasteiger partial charge in [-0.1, -0.05) is 13.0 Å². The molecule has 3 rings (SSSR count). The predicted molar refractivity (Wildman–Crippen MR) is 77.8 cm³/mol. The zero-order chi connectivity index (χ0) is 19.2. The van der Waals surface area contributed by atoms with Gasteiger partial charge in [0.15, 0.2) is 11.6 Å². The first kappa shape index (κ1) is 18.2. The van der Waals surface area contributed by atoms with Crippen molar-refractivity contribution in [3.05, 3.63) is 51.3 Å². The number of carbonyl (C=O) groups is 1. The molecule has 1 aliphatic carbocycles. The van der Waals surface area contributed by atoms with Crippen molar-refractivity contribution in [3.63, 3.8) is 0 Å². The number of nitro benzene ring substituents is 1. The quantitative estimate of drug-likeness (QED) is 0.257. The van der Waals surface area contributed by atoms with Crippen LogP contribution >= 0.6 is 0 Å². The molecule has 1 saturated carbocycles. The minimum absolute atomic E-state index is 0.346. The third kappa shape index (κ3) is 2.69. The third-order valence-electron chi connectivity index (χ3n) is 4.52. The van der Waals surface area contributed by atoms with E-state index < -0.39 is 62.9 Å². The number of rotatable bonds is 2. The number of halogens is 4. The van der Waals surface area contributed by atoms with Crippen molar-refractivity contribution in [2.24, 2.45) is 0 Å². The topological polar surface area (TPSA) is 78.7 Å². The van der Waals surface area contributed by atoms with Crippen LogP contribution in [0.4, 0.5) is 23.2 Å². The summed E-state index contributed by atoms with van der Waals surface area (Å²) in [6.07, 6.45) is 2.96. The Kier molecular flexibility index (Phi) is 4.37. The van der Waals surface area contributed by atoms with Crippen LogP contribution in [0.1, 0.15) is 43.6 Å². The van der Waals surface area contributed by atoms with Crippen molar-refractivity contribution >= 4 is 11.7 Å². The number of nitrogens with zero attached hydrogens (tertiary/aromatic N) is 1. The van der Waals surface area contributed by atoms with Gasteiger partial charge in [-0.15, -0.1) is 0 Å². The smallest absolute Gasteiger partial charge is 0.346 e. The Labute approximate surface area is 144 Å². The second-order valence-electron chi connectivity index (χ2n) is 6.17. The Morgan fingerprint density at radius 2 is 1.54 bits per heavy atom. The molecule has 1 aromatic carbocycles. The molecule has 0 unspecified atom stereocenters. The van der Waals surface area contributed by atoms with Crippen LogP contribution in [-0.2, 0) is 14.3 Å². The molecule has 1 saturated heterocycles. The van der Waals surface area contributed by atoms with Crippen LogP contribution in [0.2, 0.25) is 0 Å². The Morgan fingerprint density at radius 3 is 2.00 bits per heavy atom. The van der Waals surface area contributed by atoms with Gasteiger partial charge in [-0.25, -0.2) is 8.78 Å². The molecule has 2 aliphatic rings. The molecule has 0 bridgehead atoms. The molecule has 1 spiro atoms. The second kappa shape index (κ2) is 6.26. The minimum atomic E-state index is -2.22. The maximum Gasteiger partial charge on any atom is 0.346 e. The van der Waals surface area contributed by atoms with Gasteiger partial charge in [0.25, 0.3) is 5.79 Å². The van der Waals surface area contributed by atoms with Gasteiger partial charge >= 0.3 is 11.7 Å². The highest BCUT2D eigenvalue weighted by Crippen LogP contribution is 2.45. The molecule has 10 heteroatoms. The van der Waals surface area contributed by atoms with Crippen molar-refractivity contribution in [2.75, 3.05) is 0 Å². The summed E-state index contributed by atoms with van der Waals surface area (Å²) >= 11 is 0. The lowest BCUT2D eigenvalue weighted by molar-refractivity contribution is -0.390. The summed E-state index contributed by atoms with van der Waals surface area (Å²) in [4.78, 5) is 21.4. The normalized spacial score (nSPS) is 22.1. The fourth-order valence-electron chi connectivity index (χ4n) is 3.32. The molecule has 140 valence electrons. The minimum Gasteiger partial charge on any atom is -0.456 e. The van der Waals surface area contributed by atoms with Gasteiger partial charge in [-0.3, -0.25) is 14.9 Å². The van der Waals surface area contributed by atoms with Gasteiger partial charge < -0.3 is 9.47 Å². The van der Waals surface area contributed by atoms with Crippen LogP contribution in [0, 0.1) is 33.4 Å². The van der Waals surface area contributed by atoms with E-state index in [9.17, 15) is 32.5 Å². The summed E-state index contributed by atoms with van der Waals surface area (Å²) in [6.45, 7) is 3.44. The highest BCUT2D eigenvalue weighted by molar-refractivity contribution is 5.82. The lowest BCUT2D eigenvalue weighted by atomic mass is 9.89. The summed E-state index contributed by atoms with van der Waals surface area (Å²) in [6, 6.07) is 0. The standard InChI is InChI=1S/C16H13F4NO5/c1-7-8(15(22)26-16(25-7)5-3-2-4-6-16)9-10(17)12(19)14(21(23)24)13(20)11(9)18/h8H,1-6H2/t8-/m0/s1. The molecule has 1 aliphatic heterocycles. The van der Waals surface area contributed by atoms with Crippen LogP contribution in [-0.4, -0.2) is 16.7 Å². The molecule has 1 aromatic rings. The van der Waals surface area contributed by atoms with E-state index in [2.05, 4.69) is 6.58 Å². The SMILES string of the molecule is C=C1OC2(CCCCC2)OC(=O)[C@@H]1c1c(F)c(F)c([N+](=O)[O-])c(F)c1F. The van der Waals surface area contributed by atoms with E-state index in [1.54, 1.807) is 0 Å². The molecule has 0 aromatic heterocycles. The van der Waals surface area contributed by atoms with Crippen molar-refractivity contribution in [1.82, 2.24) is 0 Å². The Bertz CT molecular complexity index is 770. The van der Waals surface area contributed by atoms with E-state index >= 15 is 0 Å². The van der Waals surface area contributed by atoms with E-state index in [0.717, 1.165) is 6.42 Å². The third-order valence-corrected chi connectivity index (χ3v) is 4.52. The Hall–Kier alpha value is -2.65. The summed E-state index contributed by atoms with van der Waals surface area (Å²) in [5.74, 6) is -13.5. The van der Waals surface area contributed by atoms with Gasteiger partial charge in [-0.05, 0) is 12.8 Å². The lowest BCUT2D eigenvalue weighted by Gasteiger charge is -2.42. The largest absolute Gasteiger partial charge is 0.456 e. The van der Waals surface area contributed by atoms with Crippen molar-refractivity contribution < 1.29 is 36.8 Å². The predicted octanol–water partition coefficient (Wildman–Crippen LogP) is 3.98. The maximum atomic E-state index is 14.2. The molecule has 1 atom stereocenters. The molecule has 6 nitrogen and oxygen atoms in total. The van der Waals surface area contributed by atoms with Gasteiger partial charge in [0.05, 0.1) is 10.5 Å². The number of nitro groups is 1. The Balaban J connectivity index is 2.06. The molecular formula is C16H13F4NO5. The molecule has 2 fully saturated rings. The summed E-state index contributed by atoms with van der Waals surface area (Å²) < 4.78 is 66.9. The van der Waals surface area contributed by atoms with E-state index in [1.165, 1.54) is 0 Å². The van der Waals surface area contributed by atoms with Crippen molar-refractivity contribution in [3.8, 4) is 0 Å². The molecule has 0 N–H and O–H groups in total. The highest BCUT2D eigenvalue weighted by Gasteiger charge is 2.50. The Morgan fingerprint density at radius 1 is 1.00 bits per heavy atom. The van der Waals surface area contributed by atoms with Crippen LogP contribution in [0.25, 0.3) is 0 Å². The van der Waals surface area contributed by atoms with Crippen molar-refractivity contribution in [2.45, 2.75) is 43.8 Å². The van der Waals surface area contributed by atoms with Crippen LogP contribution < -0.4 is 0 Å². The average molecular weight is 375 g/mol. The molecular weight excluding hydrogens is 362 g/mol. The number of hydrogen-bond acceptors (Lipinski definition) is 5. The first-order valence-electron chi connectivity index (χ1n) is 7.79. The molecule has 1 heterocycles. The summed E-state index contributed by atoms with van der Waals surface area (Å²) in [5, 5.41) is 10.6. The van der Waals surface area contributed by atoms with Gasteiger partial charge in [0.2, 0.25) is 11.6 Å². The zero-order valence-corrected chi connectivity index (χ0v) is 13.3. The maximum absolute atomic E-state index is 14.2. The number of benzene rings is 1. The highest BCUT2D eigenvalue weighted by atomic mass is 19.2. The van der Waals surface area contributed by atoms with Gasteiger partial charge in [0, 0.05) is 12.8 Å². The van der Waals surface area contributed by atoms with Crippen LogP contribution in [0.15, 0.2) is 12.3 Å². The van der Waals surface area contributed by atoms with E-state index in [4.69, 9.17) is 9.47 Å². The number of carbonyl (C=O) groups excluding carboxylic acids is 1. The molecule has 0 amide bonds. The number of ether oxygens (including phenoxy) is 2. The monoisotopic (exact) mass is 375 g/mol. The summed E-state index contributed by atoms with van der Waals surface area (Å²) in [7, 11) is 0. The fraction of sp³-hybridized carbons (Fsp3) is 0.438. The van der Waals surface area contributed by atoms with Crippen molar-refractivity contribution in [1.29, 1.82) is 0 Å². The van der Waals surface area contributed by atoms with Crippen LogP contribution in [0.5, 0.6) is 0 Å². The molecule has 26 heavy (non-hydrogen) atoms. The van der Waals surface area contributed by atoms with E-state index in [0.29, 0.717) is 25.7 Å². The number of esters is 1. The van der Waals surface area contributed by atoms with E-state index in [1.807, 2.05) is 0 Å². The average Bonchev–Trinajstić information content (AvgIpc) is 2.56. The van der Waals surface area contributed by atoms with Crippen LogP contribution in [0.3, 0.4) is 0 Å². The summed E-state index contributed by atoms with van der Waals surface area (Å²) in [5.41, 5.74) is -3.35. The fourth-order valence-corrected chi connectivity index (χ4v) is 3.32.